The highest BCUT2D eigenvalue weighted by atomic mass is 79.9. The number of rotatable bonds is 2. The van der Waals surface area contributed by atoms with Crippen LogP contribution >= 0.6 is 15.9 Å². The maximum Gasteiger partial charge on any atom is 0.154 e. The maximum absolute atomic E-state index is 11.1. The molecular formula is C10H9BrO3S. The molecule has 2 rings (SSSR count). The van der Waals surface area contributed by atoms with E-state index < -0.39 is 9.84 Å². The van der Waals surface area contributed by atoms with E-state index in [9.17, 15) is 8.42 Å². The summed E-state index contributed by atoms with van der Waals surface area (Å²) < 4.78 is 28.5. The van der Waals surface area contributed by atoms with Gasteiger partial charge in [0.1, 0.15) is 17.1 Å². The first-order valence-electron chi connectivity index (χ1n) is 4.30. The third-order valence-electron chi connectivity index (χ3n) is 1.96. The lowest BCUT2D eigenvalue weighted by atomic mass is 10.2. The summed E-state index contributed by atoms with van der Waals surface area (Å²) in [5, 5.41) is 0.899. The predicted molar refractivity (Wildman–Crippen MR) is 62.5 cm³/mol. The summed E-state index contributed by atoms with van der Waals surface area (Å²) in [7, 11) is -3.05. The van der Waals surface area contributed by atoms with Crippen LogP contribution < -0.4 is 0 Å². The maximum atomic E-state index is 11.1. The van der Waals surface area contributed by atoms with Gasteiger partial charge in [-0.05, 0) is 18.2 Å². The summed E-state index contributed by atoms with van der Waals surface area (Å²) in [4.78, 5) is 0. The normalized spacial score (nSPS) is 12.1. The summed E-state index contributed by atoms with van der Waals surface area (Å²) >= 11 is 3.38. The van der Waals surface area contributed by atoms with Crippen molar-refractivity contribution in [1.82, 2.24) is 0 Å². The van der Waals surface area contributed by atoms with E-state index in [4.69, 9.17) is 4.42 Å². The molecule has 2 aromatic rings. The molecule has 80 valence electrons. The van der Waals surface area contributed by atoms with Crippen molar-refractivity contribution in [2.24, 2.45) is 0 Å². The van der Waals surface area contributed by atoms with Gasteiger partial charge < -0.3 is 4.42 Å². The van der Waals surface area contributed by atoms with Gasteiger partial charge in [-0.1, -0.05) is 22.0 Å². The highest BCUT2D eigenvalue weighted by Crippen LogP contribution is 2.27. The molecule has 0 N–H and O–H groups in total. The molecule has 0 aliphatic carbocycles. The lowest BCUT2D eigenvalue weighted by molar-refractivity contribution is 0.557. The smallest absolute Gasteiger partial charge is 0.154 e. The summed E-state index contributed by atoms with van der Waals surface area (Å²) in [6, 6.07) is 7.30. The molecule has 0 amide bonds. The summed E-state index contributed by atoms with van der Waals surface area (Å²) in [6.45, 7) is 0. The lowest BCUT2D eigenvalue weighted by Gasteiger charge is -1.91. The van der Waals surface area contributed by atoms with E-state index in [1.807, 2.05) is 18.2 Å². The first-order valence-corrected chi connectivity index (χ1v) is 7.16. The molecule has 1 aromatic heterocycles. The number of halogens is 1. The molecule has 5 heteroatoms. The molecule has 0 bridgehead atoms. The minimum atomic E-state index is -3.05. The minimum absolute atomic E-state index is 0.0614. The second-order valence-corrected chi connectivity index (χ2v) is 6.43. The number of furan rings is 1. The second kappa shape index (κ2) is 3.64. The van der Waals surface area contributed by atoms with Crippen molar-refractivity contribution in [2.45, 2.75) is 5.75 Å². The molecule has 0 fully saturated rings. The second-order valence-electron chi connectivity index (χ2n) is 3.43. The zero-order chi connectivity index (χ0) is 11.1. The van der Waals surface area contributed by atoms with E-state index in [1.165, 1.54) is 6.26 Å². The van der Waals surface area contributed by atoms with E-state index in [2.05, 4.69) is 15.9 Å². The van der Waals surface area contributed by atoms with Gasteiger partial charge in [-0.15, -0.1) is 0 Å². The van der Waals surface area contributed by atoms with Crippen LogP contribution in [0.15, 0.2) is 33.2 Å². The van der Waals surface area contributed by atoms with Gasteiger partial charge in [0.05, 0.1) is 0 Å². The van der Waals surface area contributed by atoms with Crippen molar-refractivity contribution >= 4 is 36.7 Å². The highest BCUT2D eigenvalue weighted by molar-refractivity contribution is 9.10. The minimum Gasteiger partial charge on any atom is -0.460 e. The quantitative estimate of drug-likeness (QED) is 0.854. The van der Waals surface area contributed by atoms with Crippen LogP contribution in [-0.2, 0) is 15.6 Å². The molecule has 0 radical (unpaired) electrons. The predicted octanol–water partition coefficient (Wildman–Crippen LogP) is 2.74. The Balaban J connectivity index is 2.53. The van der Waals surface area contributed by atoms with Gasteiger partial charge in [0, 0.05) is 16.1 Å². The molecule has 1 heterocycles. The van der Waals surface area contributed by atoms with Gasteiger partial charge in [-0.25, -0.2) is 8.42 Å². The first kappa shape index (κ1) is 10.7. The Morgan fingerprint density at radius 2 is 2.13 bits per heavy atom. The molecule has 0 aliphatic heterocycles. The van der Waals surface area contributed by atoms with Gasteiger partial charge in [-0.3, -0.25) is 0 Å². The number of hydrogen-bond acceptors (Lipinski definition) is 3. The number of benzene rings is 1. The Hall–Kier alpha value is -0.810. The molecule has 0 spiro atoms. The van der Waals surface area contributed by atoms with Crippen LogP contribution in [0.25, 0.3) is 11.0 Å². The van der Waals surface area contributed by atoms with Crippen LogP contribution in [-0.4, -0.2) is 14.7 Å². The van der Waals surface area contributed by atoms with Crippen molar-refractivity contribution < 1.29 is 12.8 Å². The Kier molecular flexibility index (Phi) is 2.60. The van der Waals surface area contributed by atoms with E-state index in [-0.39, 0.29) is 5.75 Å². The first-order chi connectivity index (χ1) is 6.96. The van der Waals surface area contributed by atoms with Crippen molar-refractivity contribution in [1.29, 1.82) is 0 Å². The number of sulfone groups is 1. The zero-order valence-corrected chi connectivity index (χ0v) is 10.4. The van der Waals surface area contributed by atoms with Crippen LogP contribution in [0.5, 0.6) is 0 Å². The van der Waals surface area contributed by atoms with Crippen molar-refractivity contribution in [3.8, 4) is 0 Å². The average Bonchev–Trinajstić information content (AvgIpc) is 2.45. The van der Waals surface area contributed by atoms with Crippen molar-refractivity contribution in [3.05, 3.63) is 34.5 Å². The third kappa shape index (κ3) is 2.41. The highest BCUT2D eigenvalue weighted by Gasteiger charge is 2.11. The summed E-state index contributed by atoms with van der Waals surface area (Å²) in [5.41, 5.74) is 0.697. The molecule has 0 saturated heterocycles. The van der Waals surface area contributed by atoms with Crippen LogP contribution in [0.1, 0.15) is 5.76 Å². The molecule has 3 nitrogen and oxygen atoms in total. The molecular weight excluding hydrogens is 280 g/mol. The van der Waals surface area contributed by atoms with Crippen LogP contribution in [0.3, 0.4) is 0 Å². The lowest BCUT2D eigenvalue weighted by Crippen LogP contribution is -1.98. The van der Waals surface area contributed by atoms with Crippen LogP contribution in [0.4, 0.5) is 0 Å². The van der Waals surface area contributed by atoms with Gasteiger partial charge in [0.25, 0.3) is 0 Å². The number of fused-ring (bicyclic) bond motifs is 1. The fourth-order valence-corrected chi connectivity index (χ4v) is 2.53. The largest absolute Gasteiger partial charge is 0.460 e. The number of hydrogen-bond donors (Lipinski definition) is 0. The van der Waals surface area contributed by atoms with Crippen LogP contribution in [0.2, 0.25) is 0 Å². The molecule has 0 saturated carbocycles. The Morgan fingerprint density at radius 3 is 2.73 bits per heavy atom. The SMILES string of the molecule is CS(=O)(=O)Cc1cc2c(Br)cccc2o1. The average molecular weight is 289 g/mol. The molecule has 1 aromatic carbocycles. The Morgan fingerprint density at radius 1 is 1.40 bits per heavy atom. The zero-order valence-electron chi connectivity index (χ0n) is 8.03. The van der Waals surface area contributed by atoms with Gasteiger partial charge >= 0.3 is 0 Å². The molecule has 15 heavy (non-hydrogen) atoms. The molecule has 0 atom stereocenters. The van der Waals surface area contributed by atoms with Crippen molar-refractivity contribution in [3.63, 3.8) is 0 Å². The van der Waals surface area contributed by atoms with E-state index >= 15 is 0 Å². The topological polar surface area (TPSA) is 47.3 Å². The summed E-state index contributed by atoms with van der Waals surface area (Å²) in [5.74, 6) is 0.410. The molecule has 0 aliphatic rings. The monoisotopic (exact) mass is 288 g/mol. The van der Waals surface area contributed by atoms with Gasteiger partial charge in [0.2, 0.25) is 0 Å². The third-order valence-corrected chi connectivity index (χ3v) is 3.46. The Bertz CT molecular complexity index is 598. The fraction of sp³-hybridized carbons (Fsp3) is 0.200. The van der Waals surface area contributed by atoms with E-state index in [0.717, 1.165) is 9.86 Å². The van der Waals surface area contributed by atoms with Gasteiger partial charge in [-0.2, -0.15) is 0 Å². The van der Waals surface area contributed by atoms with Gasteiger partial charge in [0.15, 0.2) is 9.84 Å². The van der Waals surface area contributed by atoms with Crippen LogP contribution in [0, 0.1) is 0 Å². The fourth-order valence-electron chi connectivity index (χ4n) is 1.41. The van der Waals surface area contributed by atoms with E-state index in [0.29, 0.717) is 11.3 Å². The Labute approximate surface area is 96.1 Å². The summed E-state index contributed by atoms with van der Waals surface area (Å²) in [6.07, 6.45) is 1.19. The van der Waals surface area contributed by atoms with E-state index in [1.54, 1.807) is 6.07 Å². The standard InChI is InChI=1S/C10H9BrO3S/c1-15(12,13)6-7-5-8-9(11)3-2-4-10(8)14-7/h2-5H,6H2,1H3. The van der Waals surface area contributed by atoms with Crippen molar-refractivity contribution in [2.75, 3.05) is 6.26 Å². The molecule has 0 unspecified atom stereocenters.